The van der Waals surface area contributed by atoms with Crippen LogP contribution in [0.2, 0.25) is 0 Å². The summed E-state index contributed by atoms with van der Waals surface area (Å²) in [5, 5.41) is 4.66. The van der Waals surface area contributed by atoms with Crippen molar-refractivity contribution in [2.24, 2.45) is 33.7 Å². The summed E-state index contributed by atoms with van der Waals surface area (Å²) >= 11 is 0. The molecular weight excluding hydrogens is 414 g/mol. The minimum absolute atomic E-state index is 0.0430. The molecule has 4 aliphatic carbocycles. The topological polar surface area (TPSA) is 80.6 Å². The first-order chi connectivity index (χ1) is 15.8. The van der Waals surface area contributed by atoms with Gasteiger partial charge in [-0.05, 0) is 80.2 Å². The summed E-state index contributed by atoms with van der Waals surface area (Å²) in [4.78, 5) is 27.9. The molecule has 3 fully saturated rings. The first kappa shape index (κ1) is 22.3. The van der Waals surface area contributed by atoms with Gasteiger partial charge in [-0.2, -0.15) is 5.10 Å². The lowest BCUT2D eigenvalue weighted by Crippen LogP contribution is -2.50. The first-order valence-corrected chi connectivity index (χ1v) is 12.5. The third kappa shape index (κ3) is 3.81. The molecule has 0 aliphatic heterocycles. The van der Waals surface area contributed by atoms with E-state index < -0.39 is 0 Å². The van der Waals surface area contributed by atoms with Crippen molar-refractivity contribution in [2.75, 3.05) is 0 Å². The average molecular weight is 450 g/mol. The van der Waals surface area contributed by atoms with Crippen LogP contribution in [0.3, 0.4) is 0 Å². The number of esters is 1. The van der Waals surface area contributed by atoms with Crippen LogP contribution in [0.5, 0.6) is 0 Å². The molecule has 3 saturated carbocycles. The largest absolute Gasteiger partial charge is 0.462 e. The third-order valence-electron chi connectivity index (χ3n) is 9.37. The lowest BCUT2D eigenvalue weighted by Gasteiger charge is -2.57. The highest BCUT2D eigenvalue weighted by atomic mass is 16.5. The van der Waals surface area contributed by atoms with Gasteiger partial charge in [0, 0.05) is 42.4 Å². The molecule has 176 valence electrons. The number of ether oxygens (including phenoxy) is 1. The number of rotatable bonds is 3. The number of amides is 1. The molecule has 33 heavy (non-hydrogen) atoms. The molecule has 0 bridgehead atoms. The Morgan fingerprint density at radius 1 is 1.09 bits per heavy atom. The van der Waals surface area contributed by atoms with Crippen molar-refractivity contribution in [2.45, 2.75) is 78.2 Å². The van der Waals surface area contributed by atoms with Gasteiger partial charge in [0.25, 0.3) is 5.91 Å². The first-order valence-electron chi connectivity index (χ1n) is 12.5. The maximum absolute atomic E-state index is 12.5. The van der Waals surface area contributed by atoms with Crippen LogP contribution >= 0.6 is 0 Å². The van der Waals surface area contributed by atoms with Crippen molar-refractivity contribution in [1.29, 1.82) is 0 Å². The van der Waals surface area contributed by atoms with Crippen LogP contribution in [0.1, 0.15) is 82.5 Å². The smallest absolute Gasteiger partial charge is 0.302 e. The normalized spacial score (nSPS) is 38.5. The summed E-state index contributed by atoms with van der Waals surface area (Å²) in [5.41, 5.74) is 6.35. The Morgan fingerprint density at radius 2 is 1.82 bits per heavy atom. The minimum atomic E-state index is -0.173. The molecule has 1 aromatic heterocycles. The van der Waals surface area contributed by atoms with Gasteiger partial charge in [-0.15, -0.1) is 0 Å². The monoisotopic (exact) mass is 449 g/mol. The van der Waals surface area contributed by atoms with Crippen LogP contribution in [0.25, 0.3) is 0 Å². The van der Waals surface area contributed by atoms with Crippen LogP contribution in [-0.2, 0) is 9.53 Å². The second-order valence-electron chi connectivity index (χ2n) is 11.0. The zero-order chi connectivity index (χ0) is 23.2. The van der Waals surface area contributed by atoms with E-state index in [1.165, 1.54) is 18.9 Å². The summed E-state index contributed by atoms with van der Waals surface area (Å²) in [7, 11) is 0. The predicted molar refractivity (Wildman–Crippen MR) is 126 cm³/mol. The van der Waals surface area contributed by atoms with Gasteiger partial charge >= 0.3 is 5.97 Å². The number of nitrogens with zero attached hydrogens (tertiary/aromatic N) is 2. The van der Waals surface area contributed by atoms with E-state index in [0.29, 0.717) is 23.3 Å². The Balaban J connectivity index is 1.33. The molecule has 4 aliphatic rings. The molecule has 0 radical (unpaired) electrons. The summed E-state index contributed by atoms with van der Waals surface area (Å²) in [6, 6.07) is 3.42. The van der Waals surface area contributed by atoms with Crippen molar-refractivity contribution in [3.05, 3.63) is 41.7 Å². The predicted octanol–water partition coefficient (Wildman–Crippen LogP) is 5.06. The quantitative estimate of drug-likeness (QED) is 0.397. The number of carbonyl (C=O) groups excluding carboxylic acids is 2. The number of pyridine rings is 1. The molecular formula is C27H35N3O3. The van der Waals surface area contributed by atoms with Gasteiger partial charge in [0.1, 0.15) is 6.10 Å². The van der Waals surface area contributed by atoms with Gasteiger partial charge in [-0.25, -0.2) is 5.43 Å². The van der Waals surface area contributed by atoms with Crippen LogP contribution in [0.15, 0.2) is 41.3 Å². The van der Waals surface area contributed by atoms with E-state index in [-0.39, 0.29) is 28.8 Å². The number of nitrogens with one attached hydrogen (secondary N) is 1. The van der Waals surface area contributed by atoms with Gasteiger partial charge in [0.2, 0.25) is 0 Å². The maximum atomic E-state index is 12.5. The Kier molecular flexibility index (Phi) is 5.66. The number of carbonyl (C=O) groups is 2. The van der Waals surface area contributed by atoms with Gasteiger partial charge in [-0.1, -0.05) is 25.5 Å². The highest BCUT2D eigenvalue weighted by molar-refractivity contribution is 5.97. The second kappa shape index (κ2) is 8.37. The summed E-state index contributed by atoms with van der Waals surface area (Å²) < 4.78 is 5.57. The van der Waals surface area contributed by atoms with E-state index in [1.54, 1.807) is 24.5 Å². The van der Waals surface area contributed by atoms with Crippen molar-refractivity contribution in [1.82, 2.24) is 10.4 Å². The van der Waals surface area contributed by atoms with Crippen molar-refractivity contribution < 1.29 is 14.3 Å². The average Bonchev–Trinajstić information content (AvgIpc) is 3.14. The number of hydrazone groups is 1. The number of fused-ring (bicyclic) bond motifs is 5. The van der Waals surface area contributed by atoms with E-state index >= 15 is 0 Å². The zero-order valence-corrected chi connectivity index (χ0v) is 20.0. The zero-order valence-electron chi connectivity index (χ0n) is 20.0. The standard InChI is InChI=1S/C27H35N3O3/c1-17(31)33-20-8-12-26(2)19(16-20)4-5-21-22-6-7-24(27(22,3)13-9-23(21)26)29-30-25(32)18-10-14-28-15-11-18/h4,10-11,14-15,20-23H,5-9,12-13,16H2,1-3H3,(H,30,32)/b29-24-/t20-,21-,22-,23-,26-,27-/m0/s1. The Morgan fingerprint density at radius 3 is 2.58 bits per heavy atom. The molecule has 5 rings (SSSR count). The third-order valence-corrected chi connectivity index (χ3v) is 9.37. The Bertz CT molecular complexity index is 1000. The van der Waals surface area contributed by atoms with Gasteiger partial charge in [-0.3, -0.25) is 14.6 Å². The highest BCUT2D eigenvalue weighted by Gasteiger charge is 2.58. The number of hydrogen-bond acceptors (Lipinski definition) is 5. The minimum Gasteiger partial charge on any atom is -0.462 e. The van der Waals surface area contributed by atoms with Crippen molar-refractivity contribution in [3.8, 4) is 0 Å². The van der Waals surface area contributed by atoms with Gasteiger partial charge in [0.15, 0.2) is 0 Å². The van der Waals surface area contributed by atoms with E-state index in [0.717, 1.165) is 50.7 Å². The van der Waals surface area contributed by atoms with Crippen LogP contribution in [0, 0.1) is 28.6 Å². The molecule has 6 atom stereocenters. The van der Waals surface area contributed by atoms with E-state index in [1.807, 2.05) is 0 Å². The highest BCUT2D eigenvalue weighted by Crippen LogP contribution is 2.64. The van der Waals surface area contributed by atoms with E-state index in [4.69, 9.17) is 4.74 Å². The van der Waals surface area contributed by atoms with Crippen LogP contribution in [-0.4, -0.2) is 28.7 Å². The lowest BCUT2D eigenvalue weighted by atomic mass is 9.48. The summed E-state index contributed by atoms with van der Waals surface area (Å²) in [5.74, 6) is 1.60. The SMILES string of the molecule is CC(=O)O[C@H]1CC[C@@]2(C)C(=CC[C@@H]3[C@@H]2CC[C@]2(C)/C(=N\NC(=O)c4ccncc4)CC[C@@H]32)C1. The van der Waals surface area contributed by atoms with Gasteiger partial charge < -0.3 is 4.74 Å². The second-order valence-corrected chi connectivity index (χ2v) is 11.0. The number of hydrogen-bond donors (Lipinski definition) is 1. The number of aromatic nitrogens is 1. The molecule has 6 nitrogen and oxygen atoms in total. The fourth-order valence-corrected chi connectivity index (χ4v) is 7.62. The fraction of sp³-hybridized carbons (Fsp3) is 0.630. The molecule has 0 unspecified atom stereocenters. The molecule has 1 heterocycles. The molecule has 0 aromatic carbocycles. The van der Waals surface area contributed by atoms with Crippen molar-refractivity contribution in [3.63, 3.8) is 0 Å². The number of allylic oxidation sites excluding steroid dienone is 1. The lowest BCUT2D eigenvalue weighted by molar-refractivity contribution is -0.148. The fourth-order valence-electron chi connectivity index (χ4n) is 7.62. The molecule has 0 spiro atoms. The molecule has 1 amide bonds. The molecule has 1 aromatic rings. The molecule has 1 N–H and O–H groups in total. The van der Waals surface area contributed by atoms with E-state index in [9.17, 15) is 9.59 Å². The Hall–Kier alpha value is -2.50. The molecule has 6 heteroatoms. The Labute approximate surface area is 196 Å². The van der Waals surface area contributed by atoms with Crippen LogP contribution in [0.4, 0.5) is 0 Å². The van der Waals surface area contributed by atoms with Gasteiger partial charge in [0.05, 0.1) is 0 Å². The van der Waals surface area contributed by atoms with E-state index in [2.05, 4.69) is 35.4 Å². The van der Waals surface area contributed by atoms with Crippen LogP contribution < -0.4 is 5.43 Å². The summed E-state index contributed by atoms with van der Waals surface area (Å²) in [6.07, 6.45) is 14.3. The molecule has 0 saturated heterocycles. The maximum Gasteiger partial charge on any atom is 0.302 e. The summed E-state index contributed by atoms with van der Waals surface area (Å²) in [6.45, 7) is 6.35. The van der Waals surface area contributed by atoms with Crippen molar-refractivity contribution >= 4 is 17.6 Å².